The molecule has 0 heterocycles. The van der Waals surface area contributed by atoms with E-state index >= 15 is 0 Å². The molecule has 0 atom stereocenters. The Balaban J connectivity index is 3.28. The third-order valence-corrected chi connectivity index (χ3v) is 2.08. The Bertz CT molecular complexity index is 88.9. The molecular formula is C10H23NO2. The van der Waals surface area contributed by atoms with Crippen molar-refractivity contribution in [2.75, 3.05) is 33.0 Å². The molecule has 13 heavy (non-hydrogen) atoms. The Morgan fingerprint density at radius 1 is 1.00 bits per heavy atom. The van der Waals surface area contributed by atoms with Crippen molar-refractivity contribution >= 4 is 0 Å². The van der Waals surface area contributed by atoms with Crippen LogP contribution < -0.4 is 5.73 Å². The second-order valence-corrected chi connectivity index (χ2v) is 3.07. The highest BCUT2D eigenvalue weighted by Crippen LogP contribution is 2.06. The van der Waals surface area contributed by atoms with Gasteiger partial charge in [-0.2, -0.15) is 0 Å². The molecule has 0 aromatic carbocycles. The first-order valence-electron chi connectivity index (χ1n) is 5.20. The molecule has 0 aromatic heterocycles. The van der Waals surface area contributed by atoms with Crippen LogP contribution in [0, 0.1) is 5.92 Å². The maximum absolute atomic E-state index is 5.63. The van der Waals surface area contributed by atoms with Crippen molar-refractivity contribution in [2.24, 2.45) is 11.7 Å². The summed E-state index contributed by atoms with van der Waals surface area (Å²) in [5, 5.41) is 0. The Labute approximate surface area is 81.6 Å². The predicted octanol–water partition coefficient (Wildman–Crippen LogP) is 1.41. The SMILES string of the molecule is CCOCCC(CN)CCOCC. The number of ether oxygens (including phenoxy) is 2. The van der Waals surface area contributed by atoms with Crippen molar-refractivity contribution in [3.8, 4) is 0 Å². The zero-order chi connectivity index (χ0) is 9.94. The zero-order valence-electron chi connectivity index (χ0n) is 8.92. The van der Waals surface area contributed by atoms with Gasteiger partial charge in [-0.25, -0.2) is 0 Å². The van der Waals surface area contributed by atoms with E-state index in [0.29, 0.717) is 5.92 Å². The molecular weight excluding hydrogens is 166 g/mol. The summed E-state index contributed by atoms with van der Waals surface area (Å²) >= 11 is 0. The molecule has 0 aliphatic carbocycles. The second kappa shape index (κ2) is 9.96. The summed E-state index contributed by atoms with van der Waals surface area (Å²) in [6.07, 6.45) is 2.11. The van der Waals surface area contributed by atoms with E-state index in [-0.39, 0.29) is 0 Å². The lowest BCUT2D eigenvalue weighted by atomic mass is 10.0. The summed E-state index contributed by atoms with van der Waals surface area (Å²) in [6, 6.07) is 0. The molecule has 2 N–H and O–H groups in total. The van der Waals surface area contributed by atoms with Gasteiger partial charge in [0.05, 0.1) is 0 Å². The van der Waals surface area contributed by atoms with Gasteiger partial charge in [-0.3, -0.25) is 0 Å². The van der Waals surface area contributed by atoms with Gasteiger partial charge >= 0.3 is 0 Å². The smallest absolute Gasteiger partial charge is 0.0469 e. The third-order valence-electron chi connectivity index (χ3n) is 2.08. The van der Waals surface area contributed by atoms with Gasteiger partial charge in [-0.1, -0.05) is 0 Å². The minimum atomic E-state index is 0.554. The van der Waals surface area contributed by atoms with Gasteiger partial charge in [0, 0.05) is 26.4 Å². The normalized spacial score (nSPS) is 11.1. The minimum Gasteiger partial charge on any atom is -0.382 e. The molecule has 0 aromatic rings. The molecule has 0 radical (unpaired) electrons. The van der Waals surface area contributed by atoms with Crippen molar-refractivity contribution in [3.63, 3.8) is 0 Å². The van der Waals surface area contributed by atoms with Crippen LogP contribution in [0.4, 0.5) is 0 Å². The van der Waals surface area contributed by atoms with Crippen molar-refractivity contribution in [1.29, 1.82) is 0 Å². The lowest BCUT2D eigenvalue weighted by Gasteiger charge is -2.13. The van der Waals surface area contributed by atoms with Crippen LogP contribution in [0.25, 0.3) is 0 Å². The van der Waals surface area contributed by atoms with E-state index < -0.39 is 0 Å². The molecule has 0 aliphatic rings. The van der Waals surface area contributed by atoms with Crippen LogP contribution in [0.1, 0.15) is 26.7 Å². The highest BCUT2D eigenvalue weighted by atomic mass is 16.5. The summed E-state index contributed by atoms with van der Waals surface area (Å²) in [4.78, 5) is 0. The Morgan fingerprint density at radius 2 is 1.46 bits per heavy atom. The lowest BCUT2D eigenvalue weighted by molar-refractivity contribution is 0.108. The van der Waals surface area contributed by atoms with Crippen LogP contribution in [0.15, 0.2) is 0 Å². The van der Waals surface area contributed by atoms with Gasteiger partial charge in [0.25, 0.3) is 0 Å². The van der Waals surface area contributed by atoms with Gasteiger partial charge in [0.1, 0.15) is 0 Å². The van der Waals surface area contributed by atoms with Crippen molar-refractivity contribution in [2.45, 2.75) is 26.7 Å². The fraction of sp³-hybridized carbons (Fsp3) is 1.00. The fourth-order valence-electron chi connectivity index (χ4n) is 1.17. The second-order valence-electron chi connectivity index (χ2n) is 3.07. The van der Waals surface area contributed by atoms with Crippen LogP contribution in [0.2, 0.25) is 0 Å². The Kier molecular flexibility index (Phi) is 9.87. The van der Waals surface area contributed by atoms with Crippen molar-refractivity contribution in [3.05, 3.63) is 0 Å². The minimum absolute atomic E-state index is 0.554. The molecule has 0 saturated carbocycles. The summed E-state index contributed by atoms with van der Waals surface area (Å²) in [5.74, 6) is 0.554. The van der Waals surface area contributed by atoms with E-state index in [0.717, 1.165) is 45.8 Å². The third kappa shape index (κ3) is 8.22. The average Bonchev–Trinajstić information content (AvgIpc) is 2.16. The molecule has 0 fully saturated rings. The van der Waals surface area contributed by atoms with E-state index in [9.17, 15) is 0 Å². The van der Waals surface area contributed by atoms with Gasteiger partial charge < -0.3 is 15.2 Å². The summed E-state index contributed by atoms with van der Waals surface area (Å²) in [6.45, 7) is 8.00. The van der Waals surface area contributed by atoms with Crippen LogP contribution in [-0.2, 0) is 9.47 Å². The van der Waals surface area contributed by atoms with Crippen LogP contribution in [0.3, 0.4) is 0 Å². The topological polar surface area (TPSA) is 44.5 Å². The monoisotopic (exact) mass is 189 g/mol. The Hall–Kier alpha value is -0.120. The van der Waals surface area contributed by atoms with E-state index in [2.05, 4.69) is 0 Å². The molecule has 0 rings (SSSR count). The van der Waals surface area contributed by atoms with Gasteiger partial charge in [-0.15, -0.1) is 0 Å². The highest BCUT2D eigenvalue weighted by molar-refractivity contribution is 4.59. The number of rotatable bonds is 9. The Morgan fingerprint density at radius 3 is 1.77 bits per heavy atom. The van der Waals surface area contributed by atoms with Crippen LogP contribution in [-0.4, -0.2) is 33.0 Å². The van der Waals surface area contributed by atoms with E-state index in [1.165, 1.54) is 0 Å². The zero-order valence-corrected chi connectivity index (χ0v) is 8.92. The number of nitrogens with two attached hydrogens (primary N) is 1. The van der Waals surface area contributed by atoms with E-state index in [1.807, 2.05) is 13.8 Å². The predicted molar refractivity (Wildman–Crippen MR) is 54.8 cm³/mol. The first kappa shape index (κ1) is 12.9. The summed E-state index contributed by atoms with van der Waals surface area (Å²) < 4.78 is 10.6. The molecule has 3 nitrogen and oxygen atoms in total. The lowest BCUT2D eigenvalue weighted by Crippen LogP contribution is -2.18. The molecule has 0 spiro atoms. The number of hydrogen-bond donors (Lipinski definition) is 1. The van der Waals surface area contributed by atoms with Crippen LogP contribution >= 0.6 is 0 Å². The van der Waals surface area contributed by atoms with E-state index in [4.69, 9.17) is 15.2 Å². The standard InChI is InChI=1S/C10H23NO2/c1-3-12-7-5-10(9-11)6-8-13-4-2/h10H,3-9,11H2,1-2H3. The van der Waals surface area contributed by atoms with Crippen molar-refractivity contribution in [1.82, 2.24) is 0 Å². The van der Waals surface area contributed by atoms with E-state index in [1.54, 1.807) is 0 Å². The maximum atomic E-state index is 5.63. The number of hydrogen-bond acceptors (Lipinski definition) is 3. The molecule has 0 bridgehead atoms. The summed E-state index contributed by atoms with van der Waals surface area (Å²) in [7, 11) is 0. The average molecular weight is 189 g/mol. The molecule has 0 saturated heterocycles. The molecule has 0 aliphatic heterocycles. The molecule has 0 amide bonds. The summed E-state index contributed by atoms with van der Waals surface area (Å²) in [5.41, 5.74) is 5.63. The van der Waals surface area contributed by atoms with Gasteiger partial charge in [-0.05, 0) is 39.2 Å². The molecule has 3 heteroatoms. The quantitative estimate of drug-likeness (QED) is 0.558. The highest BCUT2D eigenvalue weighted by Gasteiger charge is 2.05. The largest absolute Gasteiger partial charge is 0.382 e. The molecule has 80 valence electrons. The molecule has 0 unspecified atom stereocenters. The first-order chi connectivity index (χ1) is 6.35. The van der Waals surface area contributed by atoms with Crippen molar-refractivity contribution < 1.29 is 9.47 Å². The van der Waals surface area contributed by atoms with Gasteiger partial charge in [0.2, 0.25) is 0 Å². The first-order valence-corrected chi connectivity index (χ1v) is 5.20. The fourth-order valence-corrected chi connectivity index (χ4v) is 1.17. The maximum Gasteiger partial charge on any atom is 0.0469 e. The van der Waals surface area contributed by atoms with Gasteiger partial charge in [0.15, 0.2) is 0 Å². The van der Waals surface area contributed by atoms with Crippen LogP contribution in [0.5, 0.6) is 0 Å².